The average Bonchev–Trinajstić information content (AvgIpc) is 2.45. The summed E-state index contributed by atoms with van der Waals surface area (Å²) < 4.78 is 5.43. The third-order valence-electron chi connectivity index (χ3n) is 2.49. The molecule has 1 aromatic heterocycles. The Hall–Kier alpha value is -0.800. The number of hydrogen-bond donors (Lipinski definition) is 2. The fraction of sp³-hybridized carbons (Fsp3) is 0.667. The molecule has 0 amide bonds. The maximum absolute atomic E-state index is 9.09. The van der Waals surface area contributed by atoms with E-state index in [1.54, 1.807) is 0 Å². The normalized spacial score (nSPS) is 12.1. The summed E-state index contributed by atoms with van der Waals surface area (Å²) in [5.41, 5.74) is 1.13. The summed E-state index contributed by atoms with van der Waals surface area (Å²) in [6.07, 6.45) is 0. The van der Waals surface area contributed by atoms with Gasteiger partial charge in [-0.2, -0.15) is 0 Å². The number of nitrogens with one attached hydrogen (secondary N) is 1. The van der Waals surface area contributed by atoms with Crippen molar-refractivity contribution in [2.75, 3.05) is 13.2 Å². The van der Waals surface area contributed by atoms with Crippen LogP contribution in [0.3, 0.4) is 0 Å². The molecule has 3 nitrogen and oxygen atoms in total. The van der Waals surface area contributed by atoms with E-state index in [0.717, 1.165) is 24.6 Å². The Morgan fingerprint density at radius 3 is 2.53 bits per heavy atom. The smallest absolute Gasteiger partial charge is 0.105 e. The highest BCUT2D eigenvalue weighted by molar-refractivity contribution is 5.19. The van der Waals surface area contributed by atoms with Gasteiger partial charge in [0.2, 0.25) is 0 Å². The van der Waals surface area contributed by atoms with E-state index in [-0.39, 0.29) is 12.0 Å². The molecule has 0 aliphatic rings. The van der Waals surface area contributed by atoms with Crippen molar-refractivity contribution >= 4 is 0 Å². The Bertz CT molecular complexity index is 315. The van der Waals surface area contributed by atoms with E-state index in [0.29, 0.717) is 0 Å². The predicted octanol–water partition coefficient (Wildman–Crippen LogP) is 2.00. The standard InChI is InChI=1S/C12H21NO2/c1-9-5-11(10(2)15-9)6-13-7-12(3,4)8-14/h5,13-14H,6-8H2,1-4H3. The summed E-state index contributed by atoms with van der Waals surface area (Å²) >= 11 is 0. The maximum atomic E-state index is 9.09. The molecule has 0 spiro atoms. The van der Waals surface area contributed by atoms with Crippen LogP contribution >= 0.6 is 0 Å². The zero-order valence-electron chi connectivity index (χ0n) is 10.1. The lowest BCUT2D eigenvalue weighted by atomic mass is 9.95. The minimum Gasteiger partial charge on any atom is -0.466 e. The largest absolute Gasteiger partial charge is 0.466 e. The van der Waals surface area contributed by atoms with E-state index in [2.05, 4.69) is 5.32 Å². The molecule has 0 saturated carbocycles. The molecule has 2 N–H and O–H groups in total. The van der Waals surface area contributed by atoms with Crippen LogP contribution in [0.2, 0.25) is 0 Å². The first kappa shape index (κ1) is 12.3. The minimum absolute atomic E-state index is 0.0628. The molecule has 0 radical (unpaired) electrons. The molecule has 0 aliphatic carbocycles. The third-order valence-corrected chi connectivity index (χ3v) is 2.49. The zero-order chi connectivity index (χ0) is 11.5. The number of aliphatic hydroxyl groups excluding tert-OH is 1. The van der Waals surface area contributed by atoms with Crippen LogP contribution < -0.4 is 5.32 Å². The van der Waals surface area contributed by atoms with Gasteiger partial charge in [-0.05, 0) is 19.9 Å². The van der Waals surface area contributed by atoms with Gasteiger partial charge in [-0.1, -0.05) is 13.8 Å². The van der Waals surface area contributed by atoms with Crippen LogP contribution in [-0.2, 0) is 6.54 Å². The average molecular weight is 211 g/mol. The minimum atomic E-state index is -0.0628. The lowest BCUT2D eigenvalue weighted by Crippen LogP contribution is -2.31. The fourth-order valence-electron chi connectivity index (χ4n) is 1.45. The summed E-state index contributed by atoms with van der Waals surface area (Å²) in [6, 6.07) is 2.05. The van der Waals surface area contributed by atoms with Gasteiger partial charge >= 0.3 is 0 Å². The van der Waals surface area contributed by atoms with E-state index in [1.807, 2.05) is 33.8 Å². The van der Waals surface area contributed by atoms with Crippen molar-refractivity contribution in [2.24, 2.45) is 5.41 Å². The predicted molar refractivity (Wildman–Crippen MR) is 60.8 cm³/mol. The van der Waals surface area contributed by atoms with Crippen molar-refractivity contribution in [1.29, 1.82) is 0 Å². The van der Waals surface area contributed by atoms with E-state index >= 15 is 0 Å². The molecule has 15 heavy (non-hydrogen) atoms. The second kappa shape index (κ2) is 4.81. The molecule has 0 unspecified atom stereocenters. The van der Waals surface area contributed by atoms with E-state index in [4.69, 9.17) is 9.52 Å². The topological polar surface area (TPSA) is 45.4 Å². The van der Waals surface area contributed by atoms with Crippen LogP contribution in [0.5, 0.6) is 0 Å². The molecular formula is C12H21NO2. The highest BCUT2D eigenvalue weighted by Gasteiger charge is 2.15. The zero-order valence-corrected chi connectivity index (χ0v) is 10.1. The van der Waals surface area contributed by atoms with Crippen LogP contribution in [0.4, 0.5) is 0 Å². The monoisotopic (exact) mass is 211 g/mol. The molecule has 0 fully saturated rings. The number of hydrogen-bond acceptors (Lipinski definition) is 3. The maximum Gasteiger partial charge on any atom is 0.105 e. The molecule has 1 aromatic rings. The first-order valence-electron chi connectivity index (χ1n) is 5.32. The summed E-state index contributed by atoms with van der Waals surface area (Å²) in [7, 11) is 0. The molecule has 1 rings (SSSR count). The van der Waals surface area contributed by atoms with Gasteiger partial charge in [0, 0.05) is 30.7 Å². The van der Waals surface area contributed by atoms with Crippen molar-refractivity contribution in [1.82, 2.24) is 5.32 Å². The first-order valence-corrected chi connectivity index (χ1v) is 5.32. The van der Waals surface area contributed by atoms with Gasteiger partial charge in [-0.3, -0.25) is 0 Å². The SMILES string of the molecule is Cc1cc(CNCC(C)(C)CO)c(C)o1. The van der Waals surface area contributed by atoms with Gasteiger partial charge in [0.05, 0.1) is 0 Å². The van der Waals surface area contributed by atoms with Crippen LogP contribution in [0.15, 0.2) is 10.5 Å². The Labute approximate surface area is 91.5 Å². The lowest BCUT2D eigenvalue weighted by molar-refractivity contribution is 0.156. The molecule has 0 aromatic carbocycles. The number of rotatable bonds is 5. The van der Waals surface area contributed by atoms with Crippen LogP contribution in [0.25, 0.3) is 0 Å². The Kier molecular flexibility index (Phi) is 3.94. The first-order chi connectivity index (χ1) is 6.94. The van der Waals surface area contributed by atoms with Gasteiger partial charge in [-0.25, -0.2) is 0 Å². The van der Waals surface area contributed by atoms with E-state index in [9.17, 15) is 0 Å². The van der Waals surface area contributed by atoms with Crippen molar-refractivity contribution in [3.8, 4) is 0 Å². The number of aryl methyl sites for hydroxylation is 2. The Morgan fingerprint density at radius 1 is 1.40 bits per heavy atom. The van der Waals surface area contributed by atoms with Crippen LogP contribution in [0, 0.1) is 19.3 Å². The number of aliphatic hydroxyl groups is 1. The Balaban J connectivity index is 2.41. The number of furan rings is 1. The highest BCUT2D eigenvalue weighted by Crippen LogP contribution is 2.15. The summed E-state index contributed by atoms with van der Waals surface area (Å²) in [6.45, 7) is 9.79. The van der Waals surface area contributed by atoms with Gasteiger partial charge in [0.25, 0.3) is 0 Å². The summed E-state index contributed by atoms with van der Waals surface area (Å²) in [5, 5.41) is 12.4. The highest BCUT2D eigenvalue weighted by atomic mass is 16.3. The Morgan fingerprint density at radius 2 is 2.07 bits per heavy atom. The van der Waals surface area contributed by atoms with Crippen molar-refractivity contribution < 1.29 is 9.52 Å². The van der Waals surface area contributed by atoms with Crippen molar-refractivity contribution in [3.63, 3.8) is 0 Å². The van der Waals surface area contributed by atoms with Crippen molar-refractivity contribution in [3.05, 3.63) is 23.2 Å². The van der Waals surface area contributed by atoms with E-state index in [1.165, 1.54) is 5.56 Å². The van der Waals surface area contributed by atoms with Crippen LogP contribution in [0.1, 0.15) is 30.9 Å². The molecule has 0 saturated heterocycles. The van der Waals surface area contributed by atoms with E-state index < -0.39 is 0 Å². The summed E-state index contributed by atoms with van der Waals surface area (Å²) in [4.78, 5) is 0. The molecular weight excluding hydrogens is 190 g/mol. The van der Waals surface area contributed by atoms with Crippen LogP contribution in [-0.4, -0.2) is 18.3 Å². The lowest BCUT2D eigenvalue weighted by Gasteiger charge is -2.21. The second-order valence-electron chi connectivity index (χ2n) is 4.86. The van der Waals surface area contributed by atoms with Gasteiger partial charge in [0.15, 0.2) is 0 Å². The fourth-order valence-corrected chi connectivity index (χ4v) is 1.45. The quantitative estimate of drug-likeness (QED) is 0.783. The van der Waals surface area contributed by atoms with Gasteiger partial charge in [0.1, 0.15) is 11.5 Å². The third kappa shape index (κ3) is 3.68. The molecule has 3 heteroatoms. The summed E-state index contributed by atoms with van der Waals surface area (Å²) in [5.74, 6) is 1.92. The van der Waals surface area contributed by atoms with Crippen molar-refractivity contribution in [2.45, 2.75) is 34.2 Å². The van der Waals surface area contributed by atoms with Gasteiger partial charge < -0.3 is 14.8 Å². The molecule has 0 bridgehead atoms. The molecule has 1 heterocycles. The molecule has 0 aliphatic heterocycles. The molecule has 0 atom stereocenters. The van der Waals surface area contributed by atoms with Gasteiger partial charge in [-0.15, -0.1) is 0 Å². The molecule has 86 valence electrons. The second-order valence-corrected chi connectivity index (χ2v) is 4.86.